The second-order valence-corrected chi connectivity index (χ2v) is 5.72. The average Bonchev–Trinajstić information content (AvgIpc) is 2.86. The van der Waals surface area contributed by atoms with Crippen LogP contribution in [0.3, 0.4) is 0 Å². The first kappa shape index (κ1) is 14.0. The van der Waals surface area contributed by atoms with Gasteiger partial charge in [-0.05, 0) is 19.3 Å². The quantitative estimate of drug-likeness (QED) is 0.910. The van der Waals surface area contributed by atoms with E-state index in [0.717, 1.165) is 23.5 Å². The molecule has 0 aliphatic carbocycles. The zero-order valence-corrected chi connectivity index (χ0v) is 11.8. The van der Waals surface area contributed by atoms with Gasteiger partial charge in [0.25, 0.3) is 0 Å². The van der Waals surface area contributed by atoms with Gasteiger partial charge in [0.15, 0.2) is 0 Å². The first-order chi connectivity index (χ1) is 9.10. The van der Waals surface area contributed by atoms with E-state index in [1.807, 2.05) is 12.3 Å². The van der Waals surface area contributed by atoms with Crippen molar-refractivity contribution in [2.75, 3.05) is 13.1 Å². The molecule has 1 fully saturated rings. The summed E-state index contributed by atoms with van der Waals surface area (Å²) in [5.74, 6) is -1.24. The summed E-state index contributed by atoms with van der Waals surface area (Å²) in [4.78, 5) is 29.1. The van der Waals surface area contributed by atoms with Gasteiger partial charge in [-0.2, -0.15) is 0 Å². The van der Waals surface area contributed by atoms with Gasteiger partial charge in [0.05, 0.1) is 23.0 Å². The molecule has 2 heterocycles. The van der Waals surface area contributed by atoms with Crippen LogP contribution in [-0.4, -0.2) is 40.0 Å². The number of piperidine rings is 1. The van der Waals surface area contributed by atoms with E-state index < -0.39 is 11.9 Å². The van der Waals surface area contributed by atoms with Crippen molar-refractivity contribution in [1.29, 1.82) is 0 Å². The van der Waals surface area contributed by atoms with Crippen molar-refractivity contribution in [3.63, 3.8) is 0 Å². The summed E-state index contributed by atoms with van der Waals surface area (Å²) in [5.41, 5.74) is 0.796. The van der Waals surface area contributed by atoms with Crippen LogP contribution in [0.15, 0.2) is 5.38 Å². The molecule has 0 saturated carbocycles. The maximum Gasteiger partial charge on any atom is 0.308 e. The highest BCUT2D eigenvalue weighted by atomic mass is 32.1. The van der Waals surface area contributed by atoms with Gasteiger partial charge in [-0.1, -0.05) is 6.92 Å². The van der Waals surface area contributed by atoms with Crippen molar-refractivity contribution in [2.45, 2.75) is 32.6 Å². The molecular weight excluding hydrogens is 264 g/mol. The Kier molecular flexibility index (Phi) is 4.52. The van der Waals surface area contributed by atoms with Crippen molar-refractivity contribution < 1.29 is 14.7 Å². The van der Waals surface area contributed by atoms with Crippen LogP contribution in [0.2, 0.25) is 0 Å². The topological polar surface area (TPSA) is 70.5 Å². The normalized spacial score (nSPS) is 19.4. The fourth-order valence-corrected chi connectivity index (χ4v) is 3.01. The Labute approximate surface area is 116 Å². The van der Waals surface area contributed by atoms with Crippen molar-refractivity contribution in [1.82, 2.24) is 9.88 Å². The molecule has 6 heteroatoms. The van der Waals surface area contributed by atoms with Crippen molar-refractivity contribution in [2.24, 2.45) is 5.92 Å². The Bertz CT molecular complexity index is 472. The number of aryl methyl sites for hydroxylation is 1. The maximum absolute atomic E-state index is 12.1. The summed E-state index contributed by atoms with van der Waals surface area (Å²) in [6.45, 7) is 3.03. The molecule has 1 aromatic heterocycles. The number of aromatic nitrogens is 1. The van der Waals surface area contributed by atoms with Crippen LogP contribution in [0.5, 0.6) is 0 Å². The van der Waals surface area contributed by atoms with Gasteiger partial charge in [-0.25, -0.2) is 4.98 Å². The molecule has 1 amide bonds. The third kappa shape index (κ3) is 3.53. The van der Waals surface area contributed by atoms with Crippen molar-refractivity contribution in [3.8, 4) is 0 Å². The van der Waals surface area contributed by atoms with E-state index in [4.69, 9.17) is 5.11 Å². The molecule has 1 N–H and O–H groups in total. The molecule has 1 aliphatic heterocycles. The minimum atomic E-state index is -0.806. The van der Waals surface area contributed by atoms with Crippen molar-refractivity contribution in [3.05, 3.63) is 16.1 Å². The molecule has 1 atom stereocenters. The number of aliphatic carboxylic acids is 1. The molecule has 1 saturated heterocycles. The molecule has 5 nitrogen and oxygen atoms in total. The molecular formula is C13H18N2O3S. The Morgan fingerprint density at radius 1 is 1.58 bits per heavy atom. The summed E-state index contributed by atoms with van der Waals surface area (Å²) >= 11 is 1.57. The van der Waals surface area contributed by atoms with E-state index in [9.17, 15) is 9.59 Å². The van der Waals surface area contributed by atoms with Crippen LogP contribution in [0, 0.1) is 5.92 Å². The zero-order valence-electron chi connectivity index (χ0n) is 11.0. The molecule has 104 valence electrons. The first-order valence-corrected chi connectivity index (χ1v) is 7.42. The third-order valence-electron chi connectivity index (χ3n) is 3.36. The summed E-state index contributed by atoms with van der Waals surface area (Å²) in [7, 11) is 0. The predicted molar refractivity (Wildman–Crippen MR) is 72.1 cm³/mol. The lowest BCUT2D eigenvalue weighted by molar-refractivity contribution is -0.145. The SMILES string of the molecule is CCc1nc(CC(=O)N2CCCC(C(=O)O)C2)cs1. The van der Waals surface area contributed by atoms with Crippen LogP contribution in [0.25, 0.3) is 0 Å². The van der Waals surface area contributed by atoms with E-state index in [1.165, 1.54) is 0 Å². The molecule has 0 radical (unpaired) electrons. The van der Waals surface area contributed by atoms with Gasteiger partial charge in [0, 0.05) is 18.5 Å². The Hall–Kier alpha value is -1.43. The highest BCUT2D eigenvalue weighted by Gasteiger charge is 2.28. The molecule has 0 spiro atoms. The highest BCUT2D eigenvalue weighted by molar-refractivity contribution is 7.09. The third-order valence-corrected chi connectivity index (χ3v) is 4.40. The smallest absolute Gasteiger partial charge is 0.308 e. The first-order valence-electron chi connectivity index (χ1n) is 6.54. The lowest BCUT2D eigenvalue weighted by atomic mass is 9.98. The van der Waals surface area contributed by atoms with Crippen molar-refractivity contribution >= 4 is 23.2 Å². The summed E-state index contributed by atoms with van der Waals surface area (Å²) in [6, 6.07) is 0. The van der Waals surface area contributed by atoms with Crippen LogP contribution in [-0.2, 0) is 22.4 Å². The fraction of sp³-hybridized carbons (Fsp3) is 0.615. The number of thiazole rings is 1. The number of carbonyl (C=O) groups excluding carboxylic acids is 1. The van der Waals surface area contributed by atoms with Gasteiger partial charge in [-0.15, -0.1) is 11.3 Å². The minimum Gasteiger partial charge on any atom is -0.481 e. The molecule has 1 unspecified atom stereocenters. The summed E-state index contributed by atoms with van der Waals surface area (Å²) in [6.07, 6.45) is 2.59. The van der Waals surface area contributed by atoms with E-state index in [-0.39, 0.29) is 12.3 Å². The second-order valence-electron chi connectivity index (χ2n) is 4.78. The fourth-order valence-electron chi connectivity index (χ4n) is 2.26. The molecule has 0 aromatic carbocycles. The number of amides is 1. The maximum atomic E-state index is 12.1. The van der Waals surface area contributed by atoms with Gasteiger partial charge in [-0.3, -0.25) is 9.59 Å². The second kappa shape index (κ2) is 6.14. The van der Waals surface area contributed by atoms with Crippen LogP contribution in [0.1, 0.15) is 30.5 Å². The lowest BCUT2D eigenvalue weighted by Crippen LogP contribution is -2.43. The van der Waals surface area contributed by atoms with Gasteiger partial charge in [0.2, 0.25) is 5.91 Å². The van der Waals surface area contributed by atoms with E-state index in [2.05, 4.69) is 4.98 Å². The summed E-state index contributed by atoms with van der Waals surface area (Å²) < 4.78 is 0. The highest BCUT2D eigenvalue weighted by Crippen LogP contribution is 2.18. The standard InChI is InChI=1S/C13H18N2O3S/c1-2-11-14-10(8-19-11)6-12(16)15-5-3-4-9(7-15)13(17)18/h8-9H,2-7H2,1H3,(H,17,18). The number of hydrogen-bond acceptors (Lipinski definition) is 4. The molecule has 2 rings (SSSR count). The number of likely N-dealkylation sites (tertiary alicyclic amines) is 1. The molecule has 1 aliphatic rings. The lowest BCUT2D eigenvalue weighted by Gasteiger charge is -2.30. The van der Waals surface area contributed by atoms with Crippen LogP contribution in [0.4, 0.5) is 0 Å². The number of carboxylic acids is 1. The zero-order chi connectivity index (χ0) is 13.8. The van der Waals surface area contributed by atoms with E-state index >= 15 is 0 Å². The van der Waals surface area contributed by atoms with E-state index in [0.29, 0.717) is 19.5 Å². The predicted octanol–water partition coefficient (Wildman–Crippen LogP) is 1.57. The number of rotatable bonds is 4. The minimum absolute atomic E-state index is 0.0149. The molecule has 1 aromatic rings. The monoisotopic (exact) mass is 282 g/mol. The summed E-state index contributed by atoms with van der Waals surface area (Å²) in [5, 5.41) is 12.0. The van der Waals surface area contributed by atoms with Gasteiger partial charge in [0.1, 0.15) is 0 Å². The van der Waals surface area contributed by atoms with Gasteiger partial charge < -0.3 is 10.0 Å². The number of carbonyl (C=O) groups is 2. The molecule has 19 heavy (non-hydrogen) atoms. The Morgan fingerprint density at radius 3 is 3.00 bits per heavy atom. The van der Waals surface area contributed by atoms with E-state index in [1.54, 1.807) is 16.2 Å². The average molecular weight is 282 g/mol. The molecule has 0 bridgehead atoms. The Balaban J connectivity index is 1.93. The largest absolute Gasteiger partial charge is 0.481 e. The van der Waals surface area contributed by atoms with Crippen LogP contribution >= 0.6 is 11.3 Å². The Morgan fingerprint density at radius 2 is 2.37 bits per heavy atom. The van der Waals surface area contributed by atoms with Crippen LogP contribution < -0.4 is 0 Å². The number of nitrogens with zero attached hydrogens (tertiary/aromatic N) is 2. The number of hydrogen-bond donors (Lipinski definition) is 1. The number of carboxylic acid groups (broad SMARTS) is 1. The van der Waals surface area contributed by atoms with Gasteiger partial charge >= 0.3 is 5.97 Å².